The maximum Gasteiger partial charge on any atom is 0.306 e. The minimum Gasteiger partial charge on any atom is -0.756 e. The largest absolute Gasteiger partial charge is 0.756 e. The summed E-state index contributed by atoms with van der Waals surface area (Å²) in [6.07, 6.45) is 43.1. The van der Waals surface area contributed by atoms with E-state index in [1.807, 2.05) is 39.4 Å². The van der Waals surface area contributed by atoms with Crippen molar-refractivity contribution < 1.29 is 47.2 Å². The van der Waals surface area contributed by atoms with Crippen molar-refractivity contribution in [1.29, 1.82) is 0 Å². The number of nitrogens with zero attached hydrogens (tertiary/aromatic N) is 1. The second-order valence-electron chi connectivity index (χ2n) is 17.0. The highest BCUT2D eigenvalue weighted by atomic mass is 31.2. The molecule has 0 aromatic carbocycles. The second kappa shape index (κ2) is 40.0. The van der Waals surface area contributed by atoms with Crippen LogP contribution in [0.25, 0.3) is 0 Å². The van der Waals surface area contributed by atoms with Gasteiger partial charge in [-0.15, -0.1) is 0 Å². The number of allylic oxidation sites excluding steroid dienone is 6. The standard InChI is InChI=1S/C48H88NO9P/c1-6-8-10-12-14-16-17-18-19-20-21-22-23-25-27-31-35-39-47(51)55-43-46(44-57-59(53,54)56-42-41-49(3,4)5)58-48(52)40-36-32-28-30-34-38-45(50)37-33-29-26-24-15-13-11-9-7-2/h15,24,28-30,33-34,38,45-46,50H,6-14,16-23,25-27,31-32,35-37,39-44H2,1-5H3/b24-15-,30-28+,33-29-,38-34-/t45?,46-/m1/s1. The van der Waals surface area contributed by atoms with Crippen molar-refractivity contribution in [3.63, 3.8) is 0 Å². The molecule has 0 aromatic rings. The fraction of sp³-hybridized carbons (Fsp3) is 0.792. The van der Waals surface area contributed by atoms with Crippen LogP contribution in [0.1, 0.15) is 187 Å². The summed E-state index contributed by atoms with van der Waals surface area (Å²) < 4.78 is 33.8. The van der Waals surface area contributed by atoms with Gasteiger partial charge in [0.25, 0.3) is 7.82 Å². The van der Waals surface area contributed by atoms with Gasteiger partial charge in [-0.25, -0.2) is 0 Å². The zero-order valence-electron chi connectivity index (χ0n) is 38.3. The summed E-state index contributed by atoms with van der Waals surface area (Å²) in [4.78, 5) is 37.6. The number of aliphatic hydroxyl groups excluding tert-OH is 1. The molecule has 59 heavy (non-hydrogen) atoms. The summed E-state index contributed by atoms with van der Waals surface area (Å²) in [6.45, 7) is 4.04. The Morgan fingerprint density at radius 1 is 0.627 bits per heavy atom. The zero-order valence-corrected chi connectivity index (χ0v) is 39.2. The van der Waals surface area contributed by atoms with Crippen LogP contribution in [0.4, 0.5) is 0 Å². The van der Waals surface area contributed by atoms with Gasteiger partial charge in [-0.3, -0.25) is 14.2 Å². The lowest BCUT2D eigenvalue weighted by Gasteiger charge is -2.28. The molecule has 2 unspecified atom stereocenters. The second-order valence-corrected chi connectivity index (χ2v) is 18.4. The first-order valence-corrected chi connectivity index (χ1v) is 24.9. The van der Waals surface area contributed by atoms with Crippen LogP contribution in [0, 0.1) is 0 Å². The molecule has 0 fully saturated rings. The number of hydrogen-bond donors (Lipinski definition) is 1. The number of hydrogen-bond acceptors (Lipinski definition) is 9. The van der Waals surface area contributed by atoms with E-state index in [0.717, 1.165) is 25.7 Å². The number of esters is 2. The third-order valence-electron chi connectivity index (χ3n) is 9.93. The van der Waals surface area contributed by atoms with Crippen LogP contribution in [0.15, 0.2) is 48.6 Å². The number of ether oxygens (including phenoxy) is 2. The summed E-state index contributed by atoms with van der Waals surface area (Å²) >= 11 is 0. The van der Waals surface area contributed by atoms with Gasteiger partial charge >= 0.3 is 11.9 Å². The third-order valence-corrected chi connectivity index (χ3v) is 10.9. The van der Waals surface area contributed by atoms with Gasteiger partial charge in [0.2, 0.25) is 0 Å². The van der Waals surface area contributed by atoms with Crippen molar-refractivity contribution in [1.82, 2.24) is 0 Å². The van der Waals surface area contributed by atoms with Crippen molar-refractivity contribution >= 4 is 19.8 Å². The maximum atomic E-state index is 12.7. The Morgan fingerprint density at radius 2 is 1.15 bits per heavy atom. The number of phosphoric acid groups is 1. The van der Waals surface area contributed by atoms with E-state index in [2.05, 4.69) is 32.1 Å². The fourth-order valence-corrected chi connectivity index (χ4v) is 6.93. The van der Waals surface area contributed by atoms with Crippen LogP contribution in [-0.2, 0) is 32.7 Å². The van der Waals surface area contributed by atoms with Gasteiger partial charge in [0.05, 0.1) is 33.9 Å². The van der Waals surface area contributed by atoms with Crippen LogP contribution in [0.2, 0.25) is 0 Å². The molecule has 0 aromatic heterocycles. The SMILES string of the molecule is CCCCC/C=C\C/C=C\CC(O)/C=C\C=C\CCCC(=O)O[C@H](COC(=O)CCCCCCCCCCCCCCCCCCC)COP(=O)([O-])OCC[N+](C)(C)C. The van der Waals surface area contributed by atoms with Crippen molar-refractivity contribution in [3.05, 3.63) is 48.6 Å². The van der Waals surface area contributed by atoms with Crippen LogP contribution in [0.5, 0.6) is 0 Å². The number of unbranched alkanes of at least 4 members (excludes halogenated alkanes) is 20. The highest BCUT2D eigenvalue weighted by Gasteiger charge is 2.21. The molecule has 0 aliphatic carbocycles. The first kappa shape index (κ1) is 56.9. The number of phosphoric ester groups is 1. The Labute approximate surface area is 361 Å². The van der Waals surface area contributed by atoms with E-state index in [1.165, 1.54) is 109 Å². The summed E-state index contributed by atoms with van der Waals surface area (Å²) in [5, 5.41) is 10.2. The lowest BCUT2D eigenvalue weighted by atomic mass is 10.0. The van der Waals surface area contributed by atoms with Gasteiger partial charge in [0, 0.05) is 12.8 Å². The molecule has 0 spiro atoms. The van der Waals surface area contributed by atoms with E-state index in [4.69, 9.17) is 18.5 Å². The molecule has 0 saturated heterocycles. The van der Waals surface area contributed by atoms with E-state index < -0.39 is 38.6 Å². The fourth-order valence-electron chi connectivity index (χ4n) is 6.20. The molecule has 0 rings (SSSR count). The van der Waals surface area contributed by atoms with Gasteiger partial charge < -0.3 is 33.0 Å². The average Bonchev–Trinajstić information content (AvgIpc) is 3.18. The molecule has 0 aliphatic heterocycles. The summed E-state index contributed by atoms with van der Waals surface area (Å²) in [7, 11) is 1.08. The van der Waals surface area contributed by atoms with Crippen LogP contribution in [0.3, 0.4) is 0 Å². The predicted molar refractivity (Wildman–Crippen MR) is 242 cm³/mol. The molecule has 1 N–H and O–H groups in total. The first-order chi connectivity index (χ1) is 28.4. The molecule has 344 valence electrons. The van der Waals surface area contributed by atoms with Crippen molar-refractivity contribution in [2.75, 3.05) is 47.5 Å². The molecule has 0 aliphatic rings. The van der Waals surface area contributed by atoms with Gasteiger partial charge in [-0.1, -0.05) is 178 Å². The summed E-state index contributed by atoms with van der Waals surface area (Å²) in [5.41, 5.74) is 0. The van der Waals surface area contributed by atoms with Crippen molar-refractivity contribution in [3.8, 4) is 0 Å². The zero-order chi connectivity index (χ0) is 43.7. The van der Waals surface area contributed by atoms with Gasteiger partial charge in [0.15, 0.2) is 6.10 Å². The Balaban J connectivity index is 4.48. The van der Waals surface area contributed by atoms with Gasteiger partial charge in [-0.2, -0.15) is 0 Å². The number of rotatable bonds is 42. The Bertz CT molecular complexity index is 1160. The number of likely N-dealkylation sites (N-methyl/N-ethyl adjacent to an activating group) is 1. The molecule has 0 amide bonds. The van der Waals surface area contributed by atoms with Gasteiger partial charge in [0.1, 0.15) is 19.8 Å². The smallest absolute Gasteiger partial charge is 0.306 e. The molecule has 3 atom stereocenters. The normalized spacial score (nSPS) is 14.5. The number of aliphatic hydroxyl groups is 1. The third kappa shape index (κ3) is 43.8. The number of carbonyl (C=O) groups excluding carboxylic acids is 2. The van der Waals surface area contributed by atoms with E-state index >= 15 is 0 Å². The molecular weight excluding hydrogens is 766 g/mol. The minimum absolute atomic E-state index is 0.0566. The van der Waals surface area contributed by atoms with Crippen LogP contribution < -0.4 is 4.89 Å². The van der Waals surface area contributed by atoms with E-state index in [9.17, 15) is 24.2 Å². The highest BCUT2D eigenvalue weighted by molar-refractivity contribution is 7.45. The molecular formula is C48H88NO9P. The lowest BCUT2D eigenvalue weighted by Crippen LogP contribution is -2.37. The first-order valence-electron chi connectivity index (χ1n) is 23.5. The molecule has 0 radical (unpaired) electrons. The van der Waals surface area contributed by atoms with E-state index in [0.29, 0.717) is 36.7 Å². The number of carbonyl (C=O) groups is 2. The topological polar surface area (TPSA) is 131 Å². The Kier molecular flexibility index (Phi) is 38.6. The predicted octanol–water partition coefficient (Wildman–Crippen LogP) is 11.8. The minimum atomic E-state index is -4.66. The average molecular weight is 854 g/mol. The van der Waals surface area contributed by atoms with Crippen LogP contribution >= 0.6 is 7.82 Å². The molecule has 0 bridgehead atoms. The summed E-state index contributed by atoms with van der Waals surface area (Å²) in [5.74, 6) is -0.961. The molecule has 0 saturated carbocycles. The quantitative estimate of drug-likeness (QED) is 0.0159. The lowest BCUT2D eigenvalue weighted by molar-refractivity contribution is -0.870. The molecule has 0 heterocycles. The molecule has 10 nitrogen and oxygen atoms in total. The highest BCUT2D eigenvalue weighted by Crippen LogP contribution is 2.38. The van der Waals surface area contributed by atoms with Crippen molar-refractivity contribution in [2.24, 2.45) is 0 Å². The summed E-state index contributed by atoms with van der Waals surface area (Å²) in [6, 6.07) is 0. The van der Waals surface area contributed by atoms with Gasteiger partial charge in [-0.05, 0) is 44.9 Å². The monoisotopic (exact) mass is 854 g/mol. The van der Waals surface area contributed by atoms with Crippen molar-refractivity contribution in [2.45, 2.75) is 199 Å². The van der Waals surface area contributed by atoms with Crippen LogP contribution in [-0.4, -0.2) is 81.2 Å². The Hall–Kier alpha value is -2.07. The van der Waals surface area contributed by atoms with E-state index in [1.54, 1.807) is 12.2 Å². The van der Waals surface area contributed by atoms with E-state index in [-0.39, 0.29) is 26.1 Å². The Morgan fingerprint density at radius 3 is 1.75 bits per heavy atom. The molecule has 11 heteroatoms. The number of quaternary nitrogens is 1. The maximum absolute atomic E-state index is 12.7.